The molecule has 0 aliphatic carbocycles. The molecule has 5 heteroatoms. The number of nitrogens with one attached hydrogen (secondary N) is 1. The van der Waals surface area contributed by atoms with Crippen molar-refractivity contribution in [2.24, 2.45) is 5.92 Å². The number of carboxylic acids is 1. The quantitative estimate of drug-likeness (QED) is 0.748. The Balaban J connectivity index is 2.30. The molecule has 0 saturated heterocycles. The number of hydrogen-bond donors (Lipinski definition) is 2. The maximum absolute atomic E-state index is 11.7. The average Bonchev–Trinajstić information content (AvgIpc) is 2.77. The third kappa shape index (κ3) is 4.87. The second-order valence-electron chi connectivity index (χ2n) is 4.61. The van der Waals surface area contributed by atoms with Crippen molar-refractivity contribution in [1.29, 1.82) is 0 Å². The first kappa shape index (κ1) is 14.7. The van der Waals surface area contributed by atoms with Crippen LogP contribution in [0.1, 0.15) is 52.5 Å². The van der Waals surface area contributed by atoms with Gasteiger partial charge in [-0.2, -0.15) is 0 Å². The molecule has 1 aromatic rings. The van der Waals surface area contributed by atoms with Crippen molar-refractivity contribution in [3.05, 3.63) is 21.9 Å². The SMILES string of the molecule is CC(C)CCCCNC(=O)c1ccc(C(=O)O)s1. The molecule has 0 spiro atoms. The van der Waals surface area contributed by atoms with E-state index >= 15 is 0 Å². The standard InChI is InChI=1S/C13H19NO3S/c1-9(2)5-3-4-8-14-12(15)10-6-7-11(18-10)13(16)17/h6-7,9H,3-5,8H2,1-2H3,(H,14,15)(H,16,17). The lowest BCUT2D eigenvalue weighted by Gasteiger charge is -2.05. The van der Waals surface area contributed by atoms with E-state index in [0.29, 0.717) is 17.3 Å². The smallest absolute Gasteiger partial charge is 0.345 e. The fraction of sp³-hybridized carbons (Fsp3) is 0.538. The Morgan fingerprint density at radius 1 is 1.28 bits per heavy atom. The highest BCUT2D eigenvalue weighted by Gasteiger charge is 2.12. The number of hydrogen-bond acceptors (Lipinski definition) is 3. The van der Waals surface area contributed by atoms with E-state index in [0.717, 1.165) is 30.6 Å². The topological polar surface area (TPSA) is 66.4 Å². The molecule has 0 unspecified atom stereocenters. The van der Waals surface area contributed by atoms with Crippen LogP contribution in [-0.2, 0) is 0 Å². The summed E-state index contributed by atoms with van der Waals surface area (Å²) in [7, 11) is 0. The van der Waals surface area contributed by atoms with Gasteiger partial charge in [-0.15, -0.1) is 11.3 Å². The summed E-state index contributed by atoms with van der Waals surface area (Å²) in [4.78, 5) is 23.0. The van der Waals surface area contributed by atoms with Crippen molar-refractivity contribution in [1.82, 2.24) is 5.32 Å². The number of carbonyl (C=O) groups is 2. The van der Waals surface area contributed by atoms with Crippen LogP contribution in [-0.4, -0.2) is 23.5 Å². The number of carbonyl (C=O) groups excluding carboxylic acids is 1. The van der Waals surface area contributed by atoms with Gasteiger partial charge >= 0.3 is 5.97 Å². The predicted octanol–water partition coefficient (Wildman–Crippen LogP) is 3.00. The van der Waals surface area contributed by atoms with E-state index in [-0.39, 0.29) is 10.8 Å². The van der Waals surface area contributed by atoms with Crippen LogP contribution in [0, 0.1) is 5.92 Å². The van der Waals surface area contributed by atoms with Gasteiger partial charge in [-0.25, -0.2) is 4.79 Å². The Labute approximate surface area is 111 Å². The number of rotatable bonds is 7. The molecular weight excluding hydrogens is 250 g/mol. The Morgan fingerprint density at radius 2 is 1.94 bits per heavy atom. The van der Waals surface area contributed by atoms with Gasteiger partial charge in [0.25, 0.3) is 5.91 Å². The van der Waals surface area contributed by atoms with Crippen molar-refractivity contribution in [3.8, 4) is 0 Å². The van der Waals surface area contributed by atoms with Gasteiger partial charge in [-0.1, -0.05) is 26.7 Å². The van der Waals surface area contributed by atoms with E-state index in [2.05, 4.69) is 19.2 Å². The molecule has 18 heavy (non-hydrogen) atoms. The molecule has 0 fully saturated rings. The highest BCUT2D eigenvalue weighted by Crippen LogP contribution is 2.16. The summed E-state index contributed by atoms with van der Waals surface area (Å²) in [5.41, 5.74) is 0. The Kier molecular flexibility index (Phi) is 5.85. The molecule has 0 bridgehead atoms. The Hall–Kier alpha value is -1.36. The average molecular weight is 269 g/mol. The lowest BCUT2D eigenvalue weighted by Crippen LogP contribution is -2.23. The summed E-state index contributed by atoms with van der Waals surface area (Å²) in [6, 6.07) is 3.01. The Bertz CT molecular complexity index is 412. The molecule has 0 saturated carbocycles. The molecule has 0 aromatic carbocycles. The maximum atomic E-state index is 11.7. The number of thiophene rings is 1. The zero-order valence-corrected chi connectivity index (χ0v) is 11.5. The minimum atomic E-state index is -0.990. The number of amides is 1. The molecule has 4 nitrogen and oxygen atoms in total. The van der Waals surface area contributed by atoms with Gasteiger partial charge in [-0.05, 0) is 24.5 Å². The van der Waals surface area contributed by atoms with E-state index in [9.17, 15) is 9.59 Å². The lowest BCUT2D eigenvalue weighted by atomic mass is 10.1. The van der Waals surface area contributed by atoms with Gasteiger partial charge in [0, 0.05) is 6.54 Å². The largest absolute Gasteiger partial charge is 0.477 e. The molecule has 1 rings (SSSR count). The van der Waals surface area contributed by atoms with Gasteiger partial charge in [-0.3, -0.25) is 4.79 Å². The van der Waals surface area contributed by atoms with Gasteiger partial charge in [0.05, 0.1) is 4.88 Å². The highest BCUT2D eigenvalue weighted by molar-refractivity contribution is 7.15. The van der Waals surface area contributed by atoms with Crippen LogP contribution in [0.4, 0.5) is 0 Å². The lowest BCUT2D eigenvalue weighted by molar-refractivity contribution is 0.0702. The summed E-state index contributed by atoms with van der Waals surface area (Å²) < 4.78 is 0. The van der Waals surface area contributed by atoms with Crippen molar-refractivity contribution in [2.75, 3.05) is 6.54 Å². The number of carboxylic acid groups (broad SMARTS) is 1. The first-order valence-corrected chi connectivity index (χ1v) is 6.93. The van der Waals surface area contributed by atoms with E-state index in [1.54, 1.807) is 6.07 Å². The van der Waals surface area contributed by atoms with Gasteiger partial charge in [0.2, 0.25) is 0 Å². The number of aromatic carboxylic acids is 1. The van der Waals surface area contributed by atoms with Crippen molar-refractivity contribution >= 4 is 23.2 Å². The van der Waals surface area contributed by atoms with Crippen molar-refractivity contribution < 1.29 is 14.7 Å². The van der Waals surface area contributed by atoms with E-state index in [4.69, 9.17) is 5.11 Å². The summed E-state index contributed by atoms with van der Waals surface area (Å²) in [5.74, 6) is -0.482. The summed E-state index contributed by atoms with van der Waals surface area (Å²) in [5, 5.41) is 11.6. The minimum Gasteiger partial charge on any atom is -0.477 e. The van der Waals surface area contributed by atoms with Crippen LogP contribution in [0.2, 0.25) is 0 Å². The zero-order chi connectivity index (χ0) is 13.5. The normalized spacial score (nSPS) is 10.6. The third-order valence-corrected chi connectivity index (χ3v) is 3.61. The molecule has 100 valence electrons. The second-order valence-corrected chi connectivity index (χ2v) is 5.70. The molecule has 0 aliphatic heterocycles. The van der Waals surface area contributed by atoms with Gasteiger partial charge in [0.15, 0.2) is 0 Å². The fourth-order valence-corrected chi connectivity index (χ4v) is 2.30. The van der Waals surface area contributed by atoms with E-state index < -0.39 is 5.97 Å². The van der Waals surface area contributed by atoms with Crippen molar-refractivity contribution in [2.45, 2.75) is 33.1 Å². The number of unbranched alkanes of at least 4 members (excludes halogenated alkanes) is 1. The van der Waals surface area contributed by atoms with Crippen molar-refractivity contribution in [3.63, 3.8) is 0 Å². The van der Waals surface area contributed by atoms with Gasteiger partial charge < -0.3 is 10.4 Å². The highest BCUT2D eigenvalue weighted by atomic mass is 32.1. The molecule has 2 N–H and O–H groups in total. The van der Waals surface area contributed by atoms with Gasteiger partial charge in [0.1, 0.15) is 4.88 Å². The molecule has 0 aliphatic rings. The summed E-state index contributed by atoms with van der Waals surface area (Å²) in [6.45, 7) is 5.00. The Morgan fingerprint density at radius 3 is 2.50 bits per heavy atom. The zero-order valence-electron chi connectivity index (χ0n) is 10.7. The molecule has 0 radical (unpaired) electrons. The van der Waals surface area contributed by atoms with Crippen LogP contribution < -0.4 is 5.32 Å². The summed E-state index contributed by atoms with van der Waals surface area (Å²) in [6.07, 6.45) is 3.22. The molecule has 0 atom stereocenters. The maximum Gasteiger partial charge on any atom is 0.345 e. The molecular formula is C13H19NO3S. The fourth-order valence-electron chi connectivity index (χ4n) is 1.54. The monoisotopic (exact) mass is 269 g/mol. The van der Waals surface area contributed by atoms with Crippen LogP contribution >= 0.6 is 11.3 Å². The predicted molar refractivity (Wildman–Crippen MR) is 72.3 cm³/mol. The van der Waals surface area contributed by atoms with E-state index in [1.807, 2.05) is 0 Å². The first-order valence-electron chi connectivity index (χ1n) is 6.12. The summed E-state index contributed by atoms with van der Waals surface area (Å²) >= 11 is 1.01. The van der Waals surface area contributed by atoms with E-state index in [1.165, 1.54) is 6.07 Å². The first-order chi connectivity index (χ1) is 8.50. The second kappa shape index (κ2) is 7.16. The van der Waals surface area contributed by atoms with Crippen LogP contribution in [0.25, 0.3) is 0 Å². The molecule has 1 heterocycles. The van der Waals surface area contributed by atoms with Crippen LogP contribution in [0.3, 0.4) is 0 Å². The van der Waals surface area contributed by atoms with Crippen LogP contribution in [0.5, 0.6) is 0 Å². The minimum absolute atomic E-state index is 0.183. The molecule has 1 aromatic heterocycles. The molecule has 1 amide bonds. The third-order valence-electron chi connectivity index (χ3n) is 2.53. The van der Waals surface area contributed by atoms with Crippen LogP contribution in [0.15, 0.2) is 12.1 Å².